The van der Waals surface area contributed by atoms with E-state index in [1.165, 1.54) is 6.92 Å². The lowest BCUT2D eigenvalue weighted by atomic mass is 10.2. The van der Waals surface area contributed by atoms with Crippen molar-refractivity contribution in [1.29, 1.82) is 0 Å². The van der Waals surface area contributed by atoms with E-state index >= 15 is 0 Å². The van der Waals surface area contributed by atoms with E-state index in [1.54, 1.807) is 0 Å². The summed E-state index contributed by atoms with van der Waals surface area (Å²) in [5, 5.41) is -0.320. The van der Waals surface area contributed by atoms with Gasteiger partial charge in [0.25, 0.3) is 0 Å². The number of aliphatic imine (C=N–C) groups is 1. The number of benzene rings is 1. The van der Waals surface area contributed by atoms with Crippen LogP contribution in [0.4, 0.5) is 36.4 Å². The average Bonchev–Trinajstić information content (AvgIpc) is 2.79. The molecule has 2 rings (SSSR count). The maximum atomic E-state index is 13.9. The fourth-order valence-corrected chi connectivity index (χ4v) is 3.95. The normalized spacial score (nSPS) is 18.4. The van der Waals surface area contributed by atoms with E-state index in [0.29, 0.717) is 16.7 Å². The summed E-state index contributed by atoms with van der Waals surface area (Å²) in [5.74, 6) is -4.06. The monoisotopic (exact) mass is 436 g/mol. The molecule has 13 heteroatoms. The number of carbonyl (C=O) groups excluding carboxylic acids is 1. The van der Waals surface area contributed by atoms with Gasteiger partial charge in [0.1, 0.15) is 18.1 Å². The Bertz CT molecular complexity index is 806. The number of nitrogens with zero attached hydrogens (tertiary/aromatic N) is 2. The van der Waals surface area contributed by atoms with Gasteiger partial charge in [0, 0.05) is 0 Å². The standard InChI is InChI=1S/C14H11F7N2O2S2/c1-7-2-8(15)10(27(25)6-14(19,20)21)3-9(7)22-12-23(5-13(16,17)18)11(24)4-26-12/h2-3H,4-6H2,1H3/t27-/m1/s1. The van der Waals surface area contributed by atoms with Crippen LogP contribution in [0.15, 0.2) is 22.0 Å². The number of carbonyl (C=O) groups is 1. The van der Waals surface area contributed by atoms with Gasteiger partial charge in [-0.1, -0.05) is 11.8 Å². The minimum absolute atomic E-state index is 0.0969. The first-order chi connectivity index (χ1) is 12.3. The summed E-state index contributed by atoms with van der Waals surface area (Å²) in [6.45, 7) is -0.251. The molecule has 1 fully saturated rings. The Morgan fingerprint density at radius 3 is 2.37 bits per heavy atom. The largest absolute Gasteiger partial charge is 0.406 e. The van der Waals surface area contributed by atoms with Crippen molar-refractivity contribution >= 4 is 39.3 Å². The second kappa shape index (κ2) is 7.78. The predicted molar refractivity (Wildman–Crippen MR) is 85.8 cm³/mol. The number of aryl methyl sites for hydroxylation is 1. The molecule has 1 aliphatic rings. The average molecular weight is 436 g/mol. The first kappa shape index (κ1) is 21.7. The van der Waals surface area contributed by atoms with Gasteiger partial charge in [0.05, 0.1) is 27.1 Å². The molecular formula is C14H11F7N2O2S2. The Kier molecular flexibility index (Phi) is 6.24. The second-order valence-electron chi connectivity index (χ2n) is 5.45. The van der Waals surface area contributed by atoms with Gasteiger partial charge in [-0.25, -0.2) is 9.38 Å². The number of rotatable bonds is 4. The van der Waals surface area contributed by atoms with Crippen LogP contribution in [0, 0.1) is 12.7 Å². The lowest BCUT2D eigenvalue weighted by Crippen LogP contribution is -2.38. The lowest BCUT2D eigenvalue weighted by Gasteiger charge is -2.18. The Morgan fingerprint density at radius 1 is 1.19 bits per heavy atom. The van der Waals surface area contributed by atoms with Crippen molar-refractivity contribution < 1.29 is 39.7 Å². The number of amidine groups is 1. The molecule has 1 amide bonds. The first-order valence-corrected chi connectivity index (χ1v) is 9.41. The van der Waals surface area contributed by atoms with Gasteiger partial charge in [0.2, 0.25) is 5.91 Å². The molecule has 1 aromatic rings. The minimum atomic E-state index is -4.80. The van der Waals surface area contributed by atoms with Crippen LogP contribution in [0.2, 0.25) is 0 Å². The van der Waals surface area contributed by atoms with Gasteiger partial charge in [-0.05, 0) is 24.6 Å². The highest BCUT2D eigenvalue weighted by molar-refractivity contribution is 8.15. The van der Waals surface area contributed by atoms with Crippen molar-refractivity contribution in [3.63, 3.8) is 0 Å². The van der Waals surface area contributed by atoms with Crippen LogP contribution in [0.1, 0.15) is 5.56 Å². The van der Waals surface area contributed by atoms with E-state index in [9.17, 15) is 39.7 Å². The number of alkyl halides is 6. The third-order valence-electron chi connectivity index (χ3n) is 3.20. The van der Waals surface area contributed by atoms with Gasteiger partial charge in [0.15, 0.2) is 5.17 Å². The summed E-state index contributed by atoms with van der Waals surface area (Å²) in [4.78, 5) is 15.1. The summed E-state index contributed by atoms with van der Waals surface area (Å²) < 4.78 is 101. The zero-order valence-electron chi connectivity index (χ0n) is 13.4. The predicted octanol–water partition coefficient (Wildman–Crippen LogP) is 3.93. The summed E-state index contributed by atoms with van der Waals surface area (Å²) in [6.07, 6.45) is -9.48. The summed E-state index contributed by atoms with van der Waals surface area (Å²) in [5.41, 5.74) is -0.0778. The maximum Gasteiger partial charge on any atom is 0.406 e. The highest BCUT2D eigenvalue weighted by Crippen LogP contribution is 2.31. The van der Waals surface area contributed by atoms with E-state index < -0.39 is 52.1 Å². The van der Waals surface area contributed by atoms with Crippen LogP contribution in [0.25, 0.3) is 0 Å². The number of halogens is 7. The fourth-order valence-electron chi connectivity index (χ4n) is 2.08. The lowest BCUT2D eigenvalue weighted by molar-refractivity contribution is -0.150. The van der Waals surface area contributed by atoms with E-state index in [2.05, 4.69) is 4.99 Å². The number of amides is 1. The molecule has 4 nitrogen and oxygen atoms in total. The quantitative estimate of drug-likeness (QED) is 0.673. The molecule has 27 heavy (non-hydrogen) atoms. The maximum absolute atomic E-state index is 13.9. The third-order valence-corrected chi connectivity index (χ3v) is 5.55. The van der Waals surface area contributed by atoms with E-state index in [4.69, 9.17) is 0 Å². The fraction of sp³-hybridized carbons (Fsp3) is 0.429. The first-order valence-electron chi connectivity index (χ1n) is 7.11. The molecule has 0 N–H and O–H groups in total. The zero-order valence-corrected chi connectivity index (χ0v) is 15.1. The molecule has 1 aromatic carbocycles. The topological polar surface area (TPSA) is 49.7 Å². The van der Waals surface area contributed by atoms with E-state index in [-0.39, 0.29) is 22.2 Å². The summed E-state index contributed by atoms with van der Waals surface area (Å²) >= 11 is 0.708. The number of thioether (sulfide) groups is 1. The molecule has 150 valence electrons. The van der Waals surface area contributed by atoms with Crippen LogP contribution in [-0.2, 0) is 15.6 Å². The number of hydrogen-bond donors (Lipinski definition) is 0. The molecule has 1 heterocycles. The Labute approximate surface area is 155 Å². The van der Waals surface area contributed by atoms with Crippen LogP contribution in [0.3, 0.4) is 0 Å². The third kappa shape index (κ3) is 5.92. The Balaban J connectivity index is 2.40. The molecule has 1 saturated heterocycles. The van der Waals surface area contributed by atoms with Crippen molar-refractivity contribution in [2.75, 3.05) is 18.1 Å². The Hall–Kier alpha value is -1.63. The van der Waals surface area contributed by atoms with Crippen LogP contribution in [-0.4, -0.2) is 50.6 Å². The van der Waals surface area contributed by atoms with Crippen LogP contribution in [0.5, 0.6) is 0 Å². The molecule has 1 atom stereocenters. The van der Waals surface area contributed by atoms with Gasteiger partial charge < -0.3 is 0 Å². The van der Waals surface area contributed by atoms with Gasteiger partial charge in [-0.15, -0.1) is 0 Å². The highest BCUT2D eigenvalue weighted by Gasteiger charge is 2.39. The number of hydrogen-bond acceptors (Lipinski definition) is 4. The summed E-state index contributed by atoms with van der Waals surface area (Å²) in [7, 11) is -2.75. The molecular weight excluding hydrogens is 425 g/mol. The molecule has 1 aliphatic heterocycles. The van der Waals surface area contributed by atoms with Crippen LogP contribution < -0.4 is 0 Å². The molecule has 0 aliphatic carbocycles. The molecule has 0 radical (unpaired) electrons. The molecule has 0 bridgehead atoms. The molecule has 0 spiro atoms. The van der Waals surface area contributed by atoms with Crippen LogP contribution >= 0.6 is 11.8 Å². The molecule has 0 unspecified atom stereocenters. The Morgan fingerprint density at radius 2 is 1.81 bits per heavy atom. The van der Waals surface area contributed by atoms with E-state index in [1.807, 2.05) is 0 Å². The van der Waals surface area contributed by atoms with Crippen molar-refractivity contribution in [3.8, 4) is 0 Å². The van der Waals surface area contributed by atoms with Gasteiger partial charge >= 0.3 is 12.4 Å². The van der Waals surface area contributed by atoms with Crippen molar-refractivity contribution in [2.45, 2.75) is 24.2 Å². The van der Waals surface area contributed by atoms with Crippen molar-refractivity contribution in [2.24, 2.45) is 4.99 Å². The summed E-state index contributed by atoms with van der Waals surface area (Å²) in [6, 6.07) is 1.58. The zero-order chi connectivity index (χ0) is 20.6. The minimum Gasteiger partial charge on any atom is -0.281 e. The van der Waals surface area contributed by atoms with Crippen molar-refractivity contribution in [3.05, 3.63) is 23.5 Å². The highest BCUT2D eigenvalue weighted by atomic mass is 32.2. The molecule has 0 aromatic heterocycles. The SMILES string of the molecule is Cc1cc(F)c([S@](=O)CC(F)(F)F)cc1N=C1SCC(=O)N1CC(F)(F)F. The van der Waals surface area contributed by atoms with E-state index in [0.717, 1.165) is 12.1 Å². The van der Waals surface area contributed by atoms with Gasteiger partial charge in [-0.2, -0.15) is 26.3 Å². The second-order valence-corrected chi connectivity index (χ2v) is 7.81. The van der Waals surface area contributed by atoms with Gasteiger partial charge in [-0.3, -0.25) is 13.9 Å². The molecule has 0 saturated carbocycles. The smallest absolute Gasteiger partial charge is 0.281 e. The van der Waals surface area contributed by atoms with Crippen molar-refractivity contribution in [1.82, 2.24) is 4.90 Å².